The molecule has 1 fully saturated rings. The highest BCUT2D eigenvalue weighted by molar-refractivity contribution is 5.67. The van der Waals surface area contributed by atoms with Crippen molar-refractivity contribution in [2.75, 3.05) is 19.6 Å². The highest BCUT2D eigenvalue weighted by atomic mass is 16.4. The first-order chi connectivity index (χ1) is 7.61. The number of hydrogen-bond acceptors (Lipinski definition) is 3. The van der Waals surface area contributed by atoms with Gasteiger partial charge in [0.25, 0.3) is 0 Å². The minimum Gasteiger partial charge on any atom is -0.481 e. The molecule has 0 aliphatic carbocycles. The molecular weight excluding hydrogens is 204 g/mol. The minimum absolute atomic E-state index is 0.104. The second kappa shape index (κ2) is 6.86. The molecule has 0 amide bonds. The Morgan fingerprint density at radius 2 is 2.31 bits per heavy atom. The van der Waals surface area contributed by atoms with Crippen molar-refractivity contribution >= 4 is 5.97 Å². The van der Waals surface area contributed by atoms with Crippen LogP contribution in [0.5, 0.6) is 0 Å². The summed E-state index contributed by atoms with van der Waals surface area (Å²) in [5.41, 5.74) is 0. The van der Waals surface area contributed by atoms with Crippen molar-refractivity contribution in [2.24, 2.45) is 0 Å². The second-order valence-corrected chi connectivity index (χ2v) is 4.81. The second-order valence-electron chi connectivity index (χ2n) is 4.81. The molecule has 1 saturated heterocycles. The van der Waals surface area contributed by atoms with Crippen LogP contribution in [0.15, 0.2) is 0 Å². The molecule has 1 heterocycles. The summed E-state index contributed by atoms with van der Waals surface area (Å²) in [7, 11) is 0. The van der Waals surface area contributed by atoms with Crippen LogP contribution in [-0.4, -0.2) is 47.7 Å². The topological polar surface area (TPSA) is 52.6 Å². The Morgan fingerprint density at radius 1 is 1.56 bits per heavy atom. The van der Waals surface area contributed by atoms with Gasteiger partial charge in [-0.2, -0.15) is 0 Å². The number of carbonyl (C=O) groups is 1. The molecule has 94 valence electrons. The number of hydrogen-bond donors (Lipinski definition) is 2. The lowest BCUT2D eigenvalue weighted by Crippen LogP contribution is -2.41. The van der Waals surface area contributed by atoms with Gasteiger partial charge in [-0.25, -0.2) is 0 Å². The van der Waals surface area contributed by atoms with Crippen LogP contribution < -0.4 is 5.32 Å². The molecule has 0 bridgehead atoms. The number of unbranched alkanes of at least 4 members (excludes halogenated alkanes) is 1. The molecule has 0 aromatic rings. The van der Waals surface area contributed by atoms with Crippen LogP contribution in [0.3, 0.4) is 0 Å². The summed E-state index contributed by atoms with van der Waals surface area (Å²) in [6.07, 6.45) is 3.74. The number of rotatable bonds is 5. The molecule has 0 spiro atoms. The van der Waals surface area contributed by atoms with Gasteiger partial charge in [0, 0.05) is 18.6 Å². The molecule has 2 atom stereocenters. The van der Waals surface area contributed by atoms with Crippen molar-refractivity contribution in [2.45, 2.75) is 51.6 Å². The summed E-state index contributed by atoms with van der Waals surface area (Å²) in [6, 6.07) is 0.530. The summed E-state index contributed by atoms with van der Waals surface area (Å²) in [5.74, 6) is -0.706. The van der Waals surface area contributed by atoms with Crippen LogP contribution in [0, 0.1) is 0 Å². The van der Waals surface area contributed by atoms with E-state index in [2.05, 4.69) is 24.1 Å². The third-order valence-electron chi connectivity index (χ3n) is 3.13. The molecule has 0 aromatic carbocycles. The summed E-state index contributed by atoms with van der Waals surface area (Å²) in [5, 5.41) is 12.2. The Labute approximate surface area is 98.0 Å². The van der Waals surface area contributed by atoms with Crippen molar-refractivity contribution in [1.29, 1.82) is 0 Å². The molecule has 1 aliphatic heterocycles. The number of nitrogens with one attached hydrogen (secondary N) is 1. The van der Waals surface area contributed by atoms with Gasteiger partial charge in [0.2, 0.25) is 0 Å². The van der Waals surface area contributed by atoms with Gasteiger partial charge in [0.15, 0.2) is 0 Å². The van der Waals surface area contributed by atoms with Crippen LogP contribution in [0.2, 0.25) is 0 Å². The van der Waals surface area contributed by atoms with E-state index < -0.39 is 5.97 Å². The van der Waals surface area contributed by atoms with Gasteiger partial charge < -0.3 is 15.3 Å². The summed E-state index contributed by atoms with van der Waals surface area (Å²) >= 11 is 0. The number of nitrogens with zero attached hydrogens (tertiary/aromatic N) is 1. The van der Waals surface area contributed by atoms with Crippen molar-refractivity contribution in [3.05, 3.63) is 0 Å². The van der Waals surface area contributed by atoms with E-state index in [9.17, 15) is 4.79 Å². The largest absolute Gasteiger partial charge is 0.481 e. The van der Waals surface area contributed by atoms with Gasteiger partial charge in [-0.1, -0.05) is 13.3 Å². The third-order valence-corrected chi connectivity index (χ3v) is 3.13. The van der Waals surface area contributed by atoms with Crippen LogP contribution in [0.25, 0.3) is 0 Å². The zero-order valence-corrected chi connectivity index (χ0v) is 10.4. The standard InChI is InChI=1S/C12H24N2O2/c1-3-4-6-14-7-5-10(2)13-11(9-14)8-12(15)16/h10-11,13H,3-9H2,1-2H3,(H,15,16). The lowest BCUT2D eigenvalue weighted by atomic mass is 10.2. The normalized spacial score (nSPS) is 27.6. The number of aliphatic carboxylic acids is 1. The predicted octanol–water partition coefficient (Wildman–Crippen LogP) is 1.31. The first-order valence-corrected chi connectivity index (χ1v) is 6.32. The fourth-order valence-electron chi connectivity index (χ4n) is 2.24. The lowest BCUT2D eigenvalue weighted by molar-refractivity contribution is -0.137. The summed E-state index contributed by atoms with van der Waals surface area (Å²) in [6.45, 7) is 7.38. The molecule has 1 rings (SSSR count). The maximum Gasteiger partial charge on any atom is 0.304 e. The minimum atomic E-state index is -0.706. The quantitative estimate of drug-likeness (QED) is 0.745. The molecule has 0 radical (unpaired) electrons. The van der Waals surface area contributed by atoms with Crippen molar-refractivity contribution in [3.8, 4) is 0 Å². The molecule has 2 N–H and O–H groups in total. The van der Waals surface area contributed by atoms with Gasteiger partial charge in [-0.15, -0.1) is 0 Å². The maximum absolute atomic E-state index is 10.7. The Balaban J connectivity index is 2.45. The van der Waals surface area contributed by atoms with Crippen LogP contribution >= 0.6 is 0 Å². The van der Waals surface area contributed by atoms with Crippen LogP contribution in [-0.2, 0) is 4.79 Å². The van der Waals surface area contributed by atoms with Gasteiger partial charge in [0.1, 0.15) is 0 Å². The highest BCUT2D eigenvalue weighted by Crippen LogP contribution is 2.09. The Morgan fingerprint density at radius 3 is 2.94 bits per heavy atom. The Kier molecular flexibility index (Phi) is 5.77. The molecule has 0 saturated carbocycles. The van der Waals surface area contributed by atoms with Gasteiger partial charge >= 0.3 is 5.97 Å². The number of carboxylic acids is 1. The molecule has 4 heteroatoms. The van der Waals surface area contributed by atoms with Crippen LogP contribution in [0.4, 0.5) is 0 Å². The van der Waals surface area contributed by atoms with Gasteiger partial charge in [0.05, 0.1) is 6.42 Å². The lowest BCUT2D eigenvalue weighted by Gasteiger charge is -2.23. The zero-order valence-electron chi connectivity index (χ0n) is 10.4. The molecular formula is C12H24N2O2. The number of carboxylic acid groups (broad SMARTS) is 1. The van der Waals surface area contributed by atoms with E-state index in [1.54, 1.807) is 0 Å². The van der Waals surface area contributed by atoms with Gasteiger partial charge in [-0.3, -0.25) is 4.79 Å². The third kappa shape index (κ3) is 4.94. The van der Waals surface area contributed by atoms with Gasteiger partial charge in [-0.05, 0) is 32.9 Å². The van der Waals surface area contributed by atoms with E-state index in [0.29, 0.717) is 6.04 Å². The fraction of sp³-hybridized carbons (Fsp3) is 0.917. The van der Waals surface area contributed by atoms with E-state index in [1.165, 1.54) is 12.8 Å². The van der Waals surface area contributed by atoms with E-state index in [4.69, 9.17) is 5.11 Å². The zero-order chi connectivity index (χ0) is 12.0. The smallest absolute Gasteiger partial charge is 0.304 e. The van der Waals surface area contributed by atoms with Crippen molar-refractivity contribution in [1.82, 2.24) is 10.2 Å². The molecule has 0 aromatic heterocycles. The van der Waals surface area contributed by atoms with E-state index >= 15 is 0 Å². The predicted molar refractivity (Wildman–Crippen MR) is 64.6 cm³/mol. The highest BCUT2D eigenvalue weighted by Gasteiger charge is 2.22. The van der Waals surface area contributed by atoms with Crippen molar-refractivity contribution in [3.63, 3.8) is 0 Å². The first kappa shape index (κ1) is 13.5. The molecule has 1 aliphatic rings. The summed E-state index contributed by atoms with van der Waals surface area (Å²) < 4.78 is 0. The molecule has 16 heavy (non-hydrogen) atoms. The van der Waals surface area contributed by atoms with E-state index in [1.807, 2.05) is 0 Å². The van der Waals surface area contributed by atoms with E-state index in [0.717, 1.165) is 26.1 Å². The molecule has 2 unspecified atom stereocenters. The van der Waals surface area contributed by atoms with E-state index in [-0.39, 0.29) is 12.5 Å². The monoisotopic (exact) mass is 228 g/mol. The SMILES string of the molecule is CCCCN1CCC(C)NC(CC(=O)O)C1. The maximum atomic E-state index is 10.7. The molecule has 4 nitrogen and oxygen atoms in total. The Bertz CT molecular complexity index is 221. The average molecular weight is 228 g/mol. The average Bonchev–Trinajstić information content (AvgIpc) is 2.36. The van der Waals surface area contributed by atoms with Crippen molar-refractivity contribution < 1.29 is 9.90 Å². The first-order valence-electron chi connectivity index (χ1n) is 6.32. The van der Waals surface area contributed by atoms with Crippen LogP contribution in [0.1, 0.15) is 39.5 Å². The fourth-order valence-corrected chi connectivity index (χ4v) is 2.24. The summed E-state index contributed by atoms with van der Waals surface area (Å²) in [4.78, 5) is 13.1. The Hall–Kier alpha value is -0.610.